The van der Waals surface area contributed by atoms with Crippen molar-refractivity contribution in [1.82, 2.24) is 9.38 Å². The van der Waals surface area contributed by atoms with Gasteiger partial charge in [-0.05, 0) is 11.5 Å². The Morgan fingerprint density at radius 3 is 2.75 bits per heavy atom. The Labute approximate surface area is 128 Å². The van der Waals surface area contributed by atoms with E-state index >= 15 is 0 Å². The van der Waals surface area contributed by atoms with Crippen LogP contribution in [0.1, 0.15) is 5.69 Å². The van der Waals surface area contributed by atoms with Gasteiger partial charge >= 0.3 is 0 Å². The maximum absolute atomic E-state index is 9.05. The first kappa shape index (κ1) is 12.8. The second-order valence-corrected chi connectivity index (χ2v) is 4.41. The summed E-state index contributed by atoms with van der Waals surface area (Å²) in [6.07, 6.45) is 1.78. The van der Waals surface area contributed by atoms with Gasteiger partial charge in [0.05, 0.1) is 5.65 Å². The summed E-state index contributed by atoms with van der Waals surface area (Å²) in [6, 6.07) is 19.4. The maximum atomic E-state index is 9.05. The van der Waals surface area contributed by atoms with Gasteiger partial charge in [0.15, 0.2) is 0 Å². The van der Waals surface area contributed by atoms with E-state index < -0.39 is 0 Å². The molecule has 2 aromatic heterocycles. The zero-order valence-corrected chi connectivity index (χ0v) is 12.7. The minimum absolute atomic E-state index is 0. The molecule has 1 radical (unpaired) electrons. The molecule has 0 saturated carbocycles. The number of hydrogen-bond donors (Lipinski definition) is 0. The predicted molar refractivity (Wildman–Crippen MR) is 73.8 cm³/mol. The molecule has 0 unspecified atom stereocenters. The van der Waals surface area contributed by atoms with Crippen molar-refractivity contribution in [2.45, 2.75) is 0 Å². The number of imidazole rings is 1. The van der Waals surface area contributed by atoms with Gasteiger partial charge in [-0.15, -0.1) is 29.7 Å². The van der Waals surface area contributed by atoms with Crippen molar-refractivity contribution >= 4 is 27.3 Å². The standard InChI is InChI=1S/C16H8N3.Ir/c17-9-11-10-19-15-8-4-3-6-13(15)12-5-1-2-7-14(12)16(19)18-11;/h1-6,8,10H;/q-1;. The largest absolute Gasteiger partial charge is 0.339 e. The molecule has 2 heterocycles. The van der Waals surface area contributed by atoms with Gasteiger partial charge < -0.3 is 4.40 Å². The van der Waals surface area contributed by atoms with E-state index in [0.29, 0.717) is 5.69 Å². The second kappa shape index (κ2) is 4.72. The first-order valence-corrected chi connectivity index (χ1v) is 5.99. The fourth-order valence-corrected chi connectivity index (χ4v) is 2.55. The molecule has 0 spiro atoms. The Balaban J connectivity index is 0.00000121. The fourth-order valence-electron chi connectivity index (χ4n) is 2.55. The monoisotopic (exact) mass is 435 g/mol. The predicted octanol–water partition coefficient (Wildman–Crippen LogP) is 3.31. The zero-order chi connectivity index (χ0) is 12.8. The number of para-hydroxylation sites is 1. The van der Waals surface area contributed by atoms with Gasteiger partial charge in [0.2, 0.25) is 0 Å². The molecule has 0 aliphatic carbocycles. The van der Waals surface area contributed by atoms with Crippen LogP contribution in [0.4, 0.5) is 0 Å². The van der Waals surface area contributed by atoms with Crippen LogP contribution in [-0.4, -0.2) is 9.38 Å². The van der Waals surface area contributed by atoms with E-state index in [1.165, 1.54) is 0 Å². The van der Waals surface area contributed by atoms with Crippen molar-refractivity contribution in [3.8, 4) is 6.07 Å². The van der Waals surface area contributed by atoms with Gasteiger partial charge in [0.25, 0.3) is 0 Å². The smallest absolute Gasteiger partial charge is 0.148 e. The summed E-state index contributed by atoms with van der Waals surface area (Å²) in [5, 5.41) is 12.2. The summed E-state index contributed by atoms with van der Waals surface area (Å²) in [5.74, 6) is 0. The third-order valence-electron chi connectivity index (χ3n) is 3.35. The minimum atomic E-state index is 0. The molecule has 20 heavy (non-hydrogen) atoms. The van der Waals surface area contributed by atoms with Crippen molar-refractivity contribution in [2.24, 2.45) is 0 Å². The average molecular weight is 434 g/mol. The normalized spacial score (nSPS) is 10.6. The quantitative estimate of drug-likeness (QED) is 0.315. The van der Waals surface area contributed by atoms with Crippen molar-refractivity contribution in [3.63, 3.8) is 0 Å². The Kier molecular flexibility index (Phi) is 3.02. The van der Waals surface area contributed by atoms with Gasteiger partial charge in [-0.3, -0.25) is 4.98 Å². The third kappa shape index (κ3) is 1.65. The molecule has 2 aromatic carbocycles. The van der Waals surface area contributed by atoms with Crippen LogP contribution in [0.5, 0.6) is 0 Å². The number of hydrogen-bond acceptors (Lipinski definition) is 2. The summed E-state index contributed by atoms with van der Waals surface area (Å²) in [5.41, 5.74) is 2.26. The van der Waals surface area contributed by atoms with E-state index in [2.05, 4.69) is 29.3 Å². The van der Waals surface area contributed by atoms with Crippen molar-refractivity contribution in [1.29, 1.82) is 5.26 Å². The molecule has 97 valence electrons. The van der Waals surface area contributed by atoms with Crippen LogP contribution >= 0.6 is 0 Å². The first-order valence-electron chi connectivity index (χ1n) is 5.99. The topological polar surface area (TPSA) is 41.1 Å². The van der Waals surface area contributed by atoms with Crippen LogP contribution < -0.4 is 0 Å². The van der Waals surface area contributed by atoms with Crippen molar-refractivity contribution < 1.29 is 20.1 Å². The van der Waals surface area contributed by atoms with Gasteiger partial charge in [0.1, 0.15) is 11.8 Å². The third-order valence-corrected chi connectivity index (χ3v) is 3.35. The Hall–Kier alpha value is -2.21. The Morgan fingerprint density at radius 2 is 1.90 bits per heavy atom. The molecule has 0 aliphatic rings. The number of pyridine rings is 1. The van der Waals surface area contributed by atoms with Gasteiger partial charge in [-0.25, -0.2) is 0 Å². The minimum Gasteiger partial charge on any atom is -0.339 e. The number of fused-ring (bicyclic) bond motifs is 6. The Morgan fingerprint density at radius 1 is 1.10 bits per heavy atom. The van der Waals surface area contributed by atoms with Gasteiger partial charge in [-0.2, -0.15) is 5.26 Å². The van der Waals surface area contributed by atoms with E-state index in [1.807, 2.05) is 34.7 Å². The molecule has 0 atom stereocenters. The molecule has 4 heteroatoms. The van der Waals surface area contributed by atoms with E-state index in [0.717, 1.165) is 27.3 Å². The summed E-state index contributed by atoms with van der Waals surface area (Å²) in [4.78, 5) is 4.38. The molecule has 0 saturated heterocycles. The van der Waals surface area contributed by atoms with Crippen LogP contribution in [-0.2, 0) is 20.1 Å². The molecule has 4 rings (SSSR count). The molecule has 4 aromatic rings. The van der Waals surface area contributed by atoms with Crippen molar-refractivity contribution in [2.75, 3.05) is 0 Å². The first-order chi connectivity index (χ1) is 9.38. The zero-order valence-electron chi connectivity index (χ0n) is 10.3. The number of benzene rings is 2. The molecule has 0 N–H and O–H groups in total. The van der Waals surface area contributed by atoms with Crippen LogP contribution in [0.15, 0.2) is 48.7 Å². The number of nitrogens with zero attached hydrogens (tertiary/aromatic N) is 3. The molecular weight excluding hydrogens is 426 g/mol. The number of nitriles is 1. The van der Waals surface area contributed by atoms with E-state index in [4.69, 9.17) is 5.26 Å². The number of rotatable bonds is 0. The number of aromatic nitrogens is 2. The average Bonchev–Trinajstić information content (AvgIpc) is 2.92. The van der Waals surface area contributed by atoms with Crippen molar-refractivity contribution in [3.05, 3.63) is 60.4 Å². The summed E-state index contributed by atoms with van der Waals surface area (Å²) in [6.45, 7) is 0. The second-order valence-electron chi connectivity index (χ2n) is 4.41. The summed E-state index contributed by atoms with van der Waals surface area (Å²) >= 11 is 0. The molecule has 0 aliphatic heterocycles. The van der Waals surface area contributed by atoms with E-state index in [1.54, 1.807) is 6.20 Å². The van der Waals surface area contributed by atoms with E-state index in [9.17, 15) is 0 Å². The molecular formula is C16H8IrN3-. The van der Waals surface area contributed by atoms with Crippen LogP contribution in [0.3, 0.4) is 0 Å². The summed E-state index contributed by atoms with van der Waals surface area (Å²) in [7, 11) is 0. The van der Waals surface area contributed by atoms with Crippen LogP contribution in [0.2, 0.25) is 0 Å². The maximum Gasteiger partial charge on any atom is 0.148 e. The summed E-state index contributed by atoms with van der Waals surface area (Å²) < 4.78 is 1.96. The molecule has 0 fully saturated rings. The molecule has 0 bridgehead atoms. The molecule has 3 nitrogen and oxygen atoms in total. The Bertz CT molecular complexity index is 907. The van der Waals surface area contributed by atoms with Crippen LogP contribution in [0, 0.1) is 17.4 Å². The fraction of sp³-hybridized carbons (Fsp3) is 0. The SMILES string of the molecule is N#Cc1cn2c3ccccc3c3ccc[c-]c3c2n1.[Ir]. The van der Waals surface area contributed by atoms with Gasteiger partial charge in [0, 0.05) is 31.8 Å². The molecule has 0 amide bonds. The van der Waals surface area contributed by atoms with E-state index in [-0.39, 0.29) is 20.1 Å². The van der Waals surface area contributed by atoms with Crippen LogP contribution in [0.25, 0.3) is 27.3 Å². The van der Waals surface area contributed by atoms with Gasteiger partial charge in [-0.1, -0.05) is 23.6 Å².